The molecule has 0 spiro atoms. The van der Waals surface area contributed by atoms with Gasteiger partial charge in [-0.1, -0.05) is 6.92 Å². The first-order valence-corrected chi connectivity index (χ1v) is 9.88. The minimum Gasteiger partial charge on any atom is -0.444 e. The topological polar surface area (TPSA) is 65.1 Å². The Labute approximate surface area is 158 Å². The van der Waals surface area contributed by atoms with Crippen molar-refractivity contribution in [2.75, 3.05) is 46.3 Å². The van der Waals surface area contributed by atoms with Crippen LogP contribution in [0.5, 0.6) is 0 Å². The highest BCUT2D eigenvalue weighted by molar-refractivity contribution is 5.82. The summed E-state index contributed by atoms with van der Waals surface area (Å²) in [6, 6.07) is 0.855. The number of ether oxygens (including phenoxy) is 1. The first kappa shape index (κ1) is 21.0. The summed E-state index contributed by atoms with van der Waals surface area (Å²) in [6.45, 7) is 12.5. The molecule has 2 heterocycles. The maximum Gasteiger partial charge on any atom is 0.408 e. The van der Waals surface area contributed by atoms with Gasteiger partial charge >= 0.3 is 6.09 Å². The van der Waals surface area contributed by atoms with E-state index in [1.807, 2.05) is 25.7 Å². The molecule has 7 nitrogen and oxygen atoms in total. The minimum absolute atomic E-state index is 0.000361. The third-order valence-electron chi connectivity index (χ3n) is 5.29. The lowest BCUT2D eigenvalue weighted by atomic mass is 10.00. The smallest absolute Gasteiger partial charge is 0.408 e. The predicted molar refractivity (Wildman–Crippen MR) is 102 cm³/mol. The van der Waals surface area contributed by atoms with Gasteiger partial charge in [-0.3, -0.25) is 9.69 Å². The van der Waals surface area contributed by atoms with Gasteiger partial charge in [-0.15, -0.1) is 0 Å². The second kappa shape index (κ2) is 9.04. The number of piperidine rings is 1. The molecule has 2 aliphatic heterocycles. The van der Waals surface area contributed by atoms with E-state index in [9.17, 15) is 9.59 Å². The zero-order chi connectivity index (χ0) is 19.3. The molecule has 0 saturated carbocycles. The number of alkyl carbamates (subject to hydrolysis) is 1. The highest BCUT2D eigenvalue weighted by Crippen LogP contribution is 2.21. The maximum atomic E-state index is 12.6. The molecule has 150 valence electrons. The van der Waals surface area contributed by atoms with Crippen molar-refractivity contribution in [1.29, 1.82) is 0 Å². The summed E-state index contributed by atoms with van der Waals surface area (Å²) in [5.74, 6) is -0.0225. The van der Waals surface area contributed by atoms with Crippen molar-refractivity contribution < 1.29 is 14.3 Å². The van der Waals surface area contributed by atoms with Crippen LogP contribution >= 0.6 is 0 Å². The van der Waals surface area contributed by atoms with Gasteiger partial charge in [0.2, 0.25) is 5.91 Å². The number of likely N-dealkylation sites (tertiary alicyclic amines) is 1. The number of hydrogen-bond acceptors (Lipinski definition) is 5. The van der Waals surface area contributed by atoms with Crippen molar-refractivity contribution in [2.45, 2.75) is 64.6 Å². The van der Waals surface area contributed by atoms with Crippen LogP contribution in [0.2, 0.25) is 0 Å². The summed E-state index contributed by atoms with van der Waals surface area (Å²) in [6.07, 6.45) is 2.81. The molecule has 2 fully saturated rings. The molecule has 0 bridgehead atoms. The second-order valence-electron chi connectivity index (χ2n) is 8.53. The zero-order valence-electron chi connectivity index (χ0n) is 17.1. The van der Waals surface area contributed by atoms with Crippen LogP contribution in [0.4, 0.5) is 4.79 Å². The molecule has 0 aromatic heterocycles. The van der Waals surface area contributed by atoms with Crippen LogP contribution in [-0.2, 0) is 9.53 Å². The Hall–Kier alpha value is -1.34. The summed E-state index contributed by atoms with van der Waals surface area (Å²) < 4.78 is 5.20. The van der Waals surface area contributed by atoms with Crippen LogP contribution in [0.1, 0.15) is 47.0 Å². The largest absolute Gasteiger partial charge is 0.444 e. The molecule has 0 radical (unpaired) electrons. The van der Waals surface area contributed by atoms with Crippen molar-refractivity contribution in [3.63, 3.8) is 0 Å². The van der Waals surface area contributed by atoms with E-state index in [0.717, 1.165) is 39.1 Å². The third-order valence-corrected chi connectivity index (χ3v) is 5.29. The highest BCUT2D eigenvalue weighted by atomic mass is 16.6. The number of carbonyl (C=O) groups is 2. The Balaban J connectivity index is 1.82. The van der Waals surface area contributed by atoms with E-state index in [0.29, 0.717) is 6.04 Å². The average Bonchev–Trinajstić information content (AvgIpc) is 2.58. The first-order valence-electron chi connectivity index (χ1n) is 9.88. The van der Waals surface area contributed by atoms with Gasteiger partial charge in [-0.2, -0.15) is 0 Å². The van der Waals surface area contributed by atoms with Gasteiger partial charge in [-0.25, -0.2) is 4.79 Å². The molecule has 2 saturated heterocycles. The predicted octanol–water partition coefficient (Wildman–Crippen LogP) is 1.53. The summed E-state index contributed by atoms with van der Waals surface area (Å²) in [5, 5.41) is 2.59. The van der Waals surface area contributed by atoms with Crippen molar-refractivity contribution in [1.82, 2.24) is 20.0 Å². The van der Waals surface area contributed by atoms with E-state index in [2.05, 4.69) is 29.1 Å². The molecule has 0 aliphatic carbocycles. The monoisotopic (exact) mass is 368 g/mol. The summed E-state index contributed by atoms with van der Waals surface area (Å²) in [4.78, 5) is 31.2. The lowest BCUT2D eigenvalue weighted by Crippen LogP contribution is -2.59. The molecule has 2 aliphatic rings. The number of piperazine rings is 1. The SMILES string of the molecule is CCC1CN(C2CCN(C)CC2)CCN1C(=O)CNC(=O)OC(C)(C)C. The van der Waals surface area contributed by atoms with Gasteiger partial charge in [-0.05, 0) is 60.2 Å². The molecule has 26 heavy (non-hydrogen) atoms. The molecule has 0 aromatic rings. The molecular weight excluding hydrogens is 332 g/mol. The van der Waals surface area contributed by atoms with Gasteiger partial charge in [0.25, 0.3) is 0 Å². The molecule has 1 unspecified atom stereocenters. The number of hydrogen-bond donors (Lipinski definition) is 1. The molecule has 1 N–H and O–H groups in total. The Morgan fingerprint density at radius 3 is 2.35 bits per heavy atom. The van der Waals surface area contributed by atoms with E-state index in [1.165, 1.54) is 12.8 Å². The first-order chi connectivity index (χ1) is 12.2. The molecule has 2 rings (SSSR count). The van der Waals surface area contributed by atoms with Crippen LogP contribution < -0.4 is 5.32 Å². The van der Waals surface area contributed by atoms with E-state index < -0.39 is 11.7 Å². The van der Waals surface area contributed by atoms with Crippen molar-refractivity contribution in [2.24, 2.45) is 0 Å². The standard InChI is InChI=1S/C19H36N4O3/c1-6-15-14-22(16-7-9-21(5)10-8-16)11-12-23(15)17(24)13-20-18(25)26-19(2,3)4/h15-16H,6-14H2,1-5H3,(H,20,25). The highest BCUT2D eigenvalue weighted by Gasteiger charge is 2.33. The van der Waals surface area contributed by atoms with Crippen LogP contribution in [0.25, 0.3) is 0 Å². The Bertz CT molecular complexity index is 484. The fraction of sp³-hybridized carbons (Fsp3) is 0.895. The van der Waals surface area contributed by atoms with Gasteiger partial charge in [0.05, 0.1) is 0 Å². The van der Waals surface area contributed by atoms with E-state index >= 15 is 0 Å². The molecular formula is C19H36N4O3. The number of amides is 2. The molecule has 7 heteroatoms. The van der Waals surface area contributed by atoms with Gasteiger partial charge in [0.15, 0.2) is 0 Å². The van der Waals surface area contributed by atoms with Crippen molar-refractivity contribution >= 4 is 12.0 Å². The van der Waals surface area contributed by atoms with Crippen molar-refractivity contribution in [3.05, 3.63) is 0 Å². The molecule has 1 atom stereocenters. The third kappa shape index (κ3) is 6.13. The van der Waals surface area contributed by atoms with Crippen LogP contribution in [0.3, 0.4) is 0 Å². The second-order valence-corrected chi connectivity index (χ2v) is 8.53. The van der Waals surface area contributed by atoms with Crippen molar-refractivity contribution in [3.8, 4) is 0 Å². The Kier molecular flexibility index (Phi) is 7.29. The maximum absolute atomic E-state index is 12.6. The molecule has 2 amide bonds. The van der Waals surface area contributed by atoms with Gasteiger partial charge in [0.1, 0.15) is 12.1 Å². The quantitative estimate of drug-likeness (QED) is 0.815. The van der Waals surface area contributed by atoms with E-state index in [-0.39, 0.29) is 18.5 Å². The zero-order valence-corrected chi connectivity index (χ0v) is 17.1. The van der Waals surface area contributed by atoms with E-state index in [4.69, 9.17) is 4.74 Å². The normalized spacial score (nSPS) is 23.7. The van der Waals surface area contributed by atoms with Crippen LogP contribution in [0, 0.1) is 0 Å². The summed E-state index contributed by atoms with van der Waals surface area (Å²) in [7, 11) is 2.18. The number of rotatable bonds is 4. The summed E-state index contributed by atoms with van der Waals surface area (Å²) in [5.41, 5.74) is -0.557. The van der Waals surface area contributed by atoms with Gasteiger partial charge in [0, 0.05) is 31.7 Å². The Morgan fingerprint density at radius 2 is 1.77 bits per heavy atom. The fourth-order valence-electron chi connectivity index (χ4n) is 3.81. The minimum atomic E-state index is -0.557. The fourth-order valence-corrected chi connectivity index (χ4v) is 3.81. The Morgan fingerprint density at radius 1 is 1.12 bits per heavy atom. The van der Waals surface area contributed by atoms with Crippen LogP contribution in [0.15, 0.2) is 0 Å². The lowest BCUT2D eigenvalue weighted by Gasteiger charge is -2.46. The molecule has 0 aromatic carbocycles. The number of nitrogens with one attached hydrogen (secondary N) is 1. The van der Waals surface area contributed by atoms with E-state index in [1.54, 1.807) is 0 Å². The lowest BCUT2D eigenvalue weighted by molar-refractivity contribution is -0.136. The average molecular weight is 369 g/mol. The summed E-state index contributed by atoms with van der Waals surface area (Å²) >= 11 is 0. The number of carbonyl (C=O) groups excluding carboxylic acids is 2. The van der Waals surface area contributed by atoms with Crippen LogP contribution in [-0.4, -0.2) is 90.7 Å². The number of nitrogens with zero attached hydrogens (tertiary/aromatic N) is 3. The van der Waals surface area contributed by atoms with Gasteiger partial charge < -0.3 is 19.9 Å².